The second kappa shape index (κ2) is 6.34. The van der Waals surface area contributed by atoms with Gasteiger partial charge in [-0.1, -0.05) is 0 Å². The minimum Gasteiger partial charge on any atom is -0.375 e. The van der Waals surface area contributed by atoms with E-state index in [2.05, 4.69) is 5.32 Å². The molecule has 2 amide bonds. The van der Waals surface area contributed by atoms with Crippen molar-refractivity contribution in [2.45, 2.75) is 31.9 Å². The first-order valence-corrected chi connectivity index (χ1v) is 6.92. The summed E-state index contributed by atoms with van der Waals surface area (Å²) in [5.74, 6) is 0.0741. The molecule has 1 aliphatic carbocycles. The van der Waals surface area contributed by atoms with Crippen molar-refractivity contribution in [3.05, 3.63) is 0 Å². The lowest BCUT2D eigenvalue weighted by molar-refractivity contribution is -0.139. The van der Waals surface area contributed by atoms with Crippen molar-refractivity contribution >= 4 is 11.8 Å². The van der Waals surface area contributed by atoms with Gasteiger partial charge in [0.25, 0.3) is 0 Å². The Bertz CT molecular complexity index is 344. The lowest BCUT2D eigenvalue weighted by atomic mass is 10.3. The van der Waals surface area contributed by atoms with Crippen LogP contribution in [0.5, 0.6) is 0 Å². The third-order valence-electron chi connectivity index (χ3n) is 3.35. The zero-order chi connectivity index (χ0) is 13.8. The summed E-state index contributed by atoms with van der Waals surface area (Å²) in [6, 6.07) is 0.372. The van der Waals surface area contributed by atoms with Gasteiger partial charge in [0.2, 0.25) is 11.8 Å². The molecule has 0 aromatic carbocycles. The molecule has 1 saturated carbocycles. The third-order valence-corrected chi connectivity index (χ3v) is 3.35. The summed E-state index contributed by atoms with van der Waals surface area (Å²) < 4.78 is 5.41. The van der Waals surface area contributed by atoms with Crippen molar-refractivity contribution in [3.63, 3.8) is 0 Å². The molecule has 1 unspecified atom stereocenters. The van der Waals surface area contributed by atoms with Crippen molar-refractivity contribution in [1.29, 1.82) is 0 Å². The van der Waals surface area contributed by atoms with Crippen LogP contribution in [0.15, 0.2) is 0 Å². The highest BCUT2D eigenvalue weighted by Crippen LogP contribution is 2.18. The largest absolute Gasteiger partial charge is 0.375 e. The number of hydrogen-bond donors (Lipinski definition) is 1. The van der Waals surface area contributed by atoms with Crippen LogP contribution in [-0.4, -0.2) is 73.6 Å². The predicted octanol–water partition coefficient (Wildman–Crippen LogP) is -0.556. The Morgan fingerprint density at radius 1 is 1.37 bits per heavy atom. The molecule has 1 saturated heterocycles. The Kier molecular flexibility index (Phi) is 4.76. The topological polar surface area (TPSA) is 61.9 Å². The number of ether oxygens (including phenoxy) is 1. The Hall–Kier alpha value is -1.14. The molecule has 0 radical (unpaired) electrons. The Morgan fingerprint density at radius 2 is 2.11 bits per heavy atom. The van der Waals surface area contributed by atoms with Crippen LogP contribution in [0, 0.1) is 0 Å². The van der Waals surface area contributed by atoms with Crippen LogP contribution in [0.4, 0.5) is 0 Å². The van der Waals surface area contributed by atoms with Gasteiger partial charge in [0, 0.05) is 19.1 Å². The summed E-state index contributed by atoms with van der Waals surface area (Å²) >= 11 is 0. The monoisotopic (exact) mass is 269 g/mol. The number of amides is 2. The smallest absolute Gasteiger partial charge is 0.236 e. The number of likely N-dealkylation sites (N-methyl/N-ethyl adjacent to an activating group) is 1. The van der Waals surface area contributed by atoms with Gasteiger partial charge in [0.1, 0.15) is 0 Å². The van der Waals surface area contributed by atoms with E-state index in [0.29, 0.717) is 25.7 Å². The fourth-order valence-electron chi connectivity index (χ4n) is 2.18. The van der Waals surface area contributed by atoms with Gasteiger partial charge in [0.15, 0.2) is 0 Å². The summed E-state index contributed by atoms with van der Waals surface area (Å²) in [7, 11) is 1.80. The summed E-state index contributed by atoms with van der Waals surface area (Å²) in [6.45, 7) is 4.41. The number of carbonyl (C=O) groups is 2. The molecule has 0 bridgehead atoms. The van der Waals surface area contributed by atoms with E-state index in [4.69, 9.17) is 4.74 Å². The first kappa shape index (κ1) is 14.3. The molecular weight excluding hydrogens is 246 g/mol. The van der Waals surface area contributed by atoms with Crippen molar-refractivity contribution in [3.8, 4) is 0 Å². The van der Waals surface area contributed by atoms with Crippen molar-refractivity contribution in [2.75, 3.05) is 39.8 Å². The molecular formula is C13H23N3O3. The number of carbonyl (C=O) groups excluding carboxylic acids is 2. The number of nitrogens with one attached hydrogen (secondary N) is 1. The fourth-order valence-corrected chi connectivity index (χ4v) is 2.18. The maximum Gasteiger partial charge on any atom is 0.236 e. The summed E-state index contributed by atoms with van der Waals surface area (Å²) in [5.41, 5.74) is 0. The molecule has 6 nitrogen and oxygen atoms in total. The third kappa shape index (κ3) is 4.80. The van der Waals surface area contributed by atoms with Crippen LogP contribution in [0.2, 0.25) is 0 Å². The van der Waals surface area contributed by atoms with Gasteiger partial charge in [0.05, 0.1) is 25.8 Å². The normalized spacial score (nSPS) is 23.5. The highest BCUT2D eigenvalue weighted by molar-refractivity contribution is 5.81. The Balaban J connectivity index is 1.69. The average Bonchev–Trinajstić information content (AvgIpc) is 3.12. The molecule has 6 heteroatoms. The molecule has 1 atom stereocenters. The molecule has 1 heterocycles. The minimum atomic E-state index is 0.00754. The van der Waals surface area contributed by atoms with Crippen LogP contribution < -0.4 is 5.32 Å². The van der Waals surface area contributed by atoms with Gasteiger partial charge >= 0.3 is 0 Å². The van der Waals surface area contributed by atoms with Crippen molar-refractivity contribution < 1.29 is 14.3 Å². The molecule has 0 aromatic rings. The van der Waals surface area contributed by atoms with E-state index >= 15 is 0 Å². The maximum atomic E-state index is 12.1. The number of rotatable bonds is 5. The highest BCUT2D eigenvalue weighted by Gasteiger charge is 2.25. The Morgan fingerprint density at radius 3 is 2.74 bits per heavy atom. The van der Waals surface area contributed by atoms with Gasteiger partial charge < -0.3 is 15.0 Å². The van der Waals surface area contributed by atoms with Gasteiger partial charge in [-0.15, -0.1) is 0 Å². The van der Waals surface area contributed by atoms with E-state index in [1.165, 1.54) is 0 Å². The standard InChI is InChI=1S/C13H23N3O3/c1-10-7-16(5-6-19-10)13(18)9-15(2)8-12(17)14-11-3-4-11/h10-11H,3-9H2,1-2H3,(H,14,17). The second-order valence-corrected chi connectivity index (χ2v) is 5.54. The fraction of sp³-hybridized carbons (Fsp3) is 0.846. The van der Waals surface area contributed by atoms with Crippen molar-refractivity contribution in [1.82, 2.24) is 15.1 Å². The molecule has 2 fully saturated rings. The van der Waals surface area contributed by atoms with Crippen LogP contribution in [0.25, 0.3) is 0 Å². The average molecular weight is 269 g/mol. The van der Waals surface area contributed by atoms with E-state index in [1.54, 1.807) is 11.9 Å². The predicted molar refractivity (Wildman–Crippen MR) is 70.7 cm³/mol. The lowest BCUT2D eigenvalue weighted by Gasteiger charge is -2.32. The van der Waals surface area contributed by atoms with Crippen LogP contribution in [0.3, 0.4) is 0 Å². The SMILES string of the molecule is CC1CN(C(=O)CN(C)CC(=O)NC2CC2)CCO1. The van der Waals surface area contributed by atoms with E-state index in [0.717, 1.165) is 12.8 Å². The van der Waals surface area contributed by atoms with E-state index in [9.17, 15) is 9.59 Å². The zero-order valence-corrected chi connectivity index (χ0v) is 11.7. The lowest BCUT2D eigenvalue weighted by Crippen LogP contribution is -2.48. The molecule has 1 aliphatic heterocycles. The summed E-state index contributed by atoms with van der Waals surface area (Å²) in [5, 5.41) is 2.92. The van der Waals surface area contributed by atoms with Crippen LogP contribution in [-0.2, 0) is 14.3 Å². The summed E-state index contributed by atoms with van der Waals surface area (Å²) in [6.07, 6.45) is 2.27. The van der Waals surface area contributed by atoms with E-state index in [-0.39, 0.29) is 31.0 Å². The number of hydrogen-bond acceptors (Lipinski definition) is 4. The molecule has 0 aromatic heterocycles. The van der Waals surface area contributed by atoms with Crippen LogP contribution in [0.1, 0.15) is 19.8 Å². The number of morpholine rings is 1. The summed E-state index contributed by atoms with van der Waals surface area (Å²) in [4.78, 5) is 27.3. The molecule has 108 valence electrons. The van der Waals surface area contributed by atoms with Crippen LogP contribution >= 0.6 is 0 Å². The van der Waals surface area contributed by atoms with Crippen molar-refractivity contribution in [2.24, 2.45) is 0 Å². The highest BCUT2D eigenvalue weighted by atomic mass is 16.5. The minimum absolute atomic E-state index is 0.00754. The first-order chi connectivity index (χ1) is 9.04. The first-order valence-electron chi connectivity index (χ1n) is 6.92. The molecule has 0 spiro atoms. The van der Waals surface area contributed by atoms with Gasteiger partial charge in [-0.2, -0.15) is 0 Å². The van der Waals surface area contributed by atoms with E-state index in [1.807, 2.05) is 11.8 Å². The van der Waals surface area contributed by atoms with E-state index < -0.39 is 0 Å². The van der Waals surface area contributed by atoms with Gasteiger partial charge in [-0.3, -0.25) is 14.5 Å². The molecule has 1 N–H and O–H groups in total. The molecule has 19 heavy (non-hydrogen) atoms. The van der Waals surface area contributed by atoms with Gasteiger partial charge in [-0.05, 0) is 26.8 Å². The Labute approximate surface area is 114 Å². The second-order valence-electron chi connectivity index (χ2n) is 5.54. The maximum absolute atomic E-state index is 12.1. The quantitative estimate of drug-likeness (QED) is 0.727. The molecule has 2 aliphatic rings. The zero-order valence-electron chi connectivity index (χ0n) is 11.7. The number of nitrogens with zero attached hydrogens (tertiary/aromatic N) is 2. The molecule has 2 rings (SSSR count). The van der Waals surface area contributed by atoms with Gasteiger partial charge in [-0.25, -0.2) is 0 Å².